The summed E-state index contributed by atoms with van der Waals surface area (Å²) < 4.78 is 24.2. The van der Waals surface area contributed by atoms with Crippen LogP contribution < -0.4 is 5.32 Å². The lowest BCUT2D eigenvalue weighted by Crippen LogP contribution is -2.64. The number of carbonyl (C=O) groups is 3. The number of ether oxygens (including phenoxy) is 2. The summed E-state index contributed by atoms with van der Waals surface area (Å²) in [6.07, 6.45) is 24.1. The number of fused-ring (bicyclic) bond motifs is 7. The van der Waals surface area contributed by atoms with Gasteiger partial charge >= 0.3 is 11.9 Å². The number of carbonyl (C=O) groups excluding carboxylic acids is 2. The van der Waals surface area contributed by atoms with E-state index < -0.39 is 17.4 Å². The molecule has 6 aliphatic carbocycles. The average molecular weight is 841 g/mol. The Bertz CT molecular complexity index is 1480. The molecule has 0 spiro atoms. The first-order valence-corrected chi connectivity index (χ1v) is 24.1. The molecule has 9 atom stereocenters. The van der Waals surface area contributed by atoms with Crippen molar-refractivity contribution in [1.29, 1.82) is 0 Å². The van der Waals surface area contributed by atoms with Crippen LogP contribution >= 0.6 is 0 Å². The third-order valence-corrected chi connectivity index (χ3v) is 17.1. The molecule has 9 heteroatoms. The molecule has 60 heavy (non-hydrogen) atoms. The van der Waals surface area contributed by atoms with Gasteiger partial charge in [-0.1, -0.05) is 66.2 Å². The molecule has 2 N–H and O–H groups in total. The van der Waals surface area contributed by atoms with Crippen LogP contribution in [0.1, 0.15) is 159 Å². The molecule has 0 radical (unpaired) electrons. The molecule has 4 saturated carbocycles. The van der Waals surface area contributed by atoms with E-state index in [4.69, 9.17) is 19.4 Å². The van der Waals surface area contributed by atoms with Gasteiger partial charge in [0.1, 0.15) is 0 Å². The first-order valence-electron chi connectivity index (χ1n) is 24.1. The van der Waals surface area contributed by atoms with E-state index in [1.54, 1.807) is 25.5 Å². The zero-order valence-electron chi connectivity index (χ0n) is 39.4. The summed E-state index contributed by atoms with van der Waals surface area (Å²) in [6, 6.07) is 0. The summed E-state index contributed by atoms with van der Waals surface area (Å²) in [5.74, 6) is 3.32. The minimum Gasteiger partial charge on any atom is -0.483 e. The number of likely N-dealkylation sites (tertiary alicyclic amines) is 1. The highest BCUT2D eigenvalue weighted by atomic mass is 19.1. The molecule has 7 aliphatic rings. The number of nitrogens with zero attached hydrogens (tertiary/aromatic N) is 1. The van der Waals surface area contributed by atoms with Crippen LogP contribution in [0.2, 0.25) is 0 Å². The van der Waals surface area contributed by atoms with E-state index in [9.17, 15) is 14.0 Å². The Morgan fingerprint density at radius 1 is 0.883 bits per heavy atom. The van der Waals surface area contributed by atoms with Gasteiger partial charge in [-0.25, -0.2) is 0 Å². The monoisotopic (exact) mass is 841 g/mol. The molecule has 342 valence electrons. The van der Waals surface area contributed by atoms with E-state index in [0.717, 1.165) is 56.0 Å². The summed E-state index contributed by atoms with van der Waals surface area (Å²) in [4.78, 5) is 36.7. The van der Waals surface area contributed by atoms with Crippen molar-refractivity contribution in [2.45, 2.75) is 164 Å². The molecular formula is C51H85FN2O6. The van der Waals surface area contributed by atoms with Crippen LogP contribution in [-0.4, -0.2) is 80.0 Å². The topological polar surface area (TPSA) is 105 Å². The van der Waals surface area contributed by atoms with E-state index in [2.05, 4.69) is 56.6 Å². The minimum atomic E-state index is -1.16. The third-order valence-electron chi connectivity index (χ3n) is 17.1. The van der Waals surface area contributed by atoms with Crippen LogP contribution in [0.4, 0.5) is 4.39 Å². The molecule has 1 aliphatic heterocycles. The van der Waals surface area contributed by atoms with Gasteiger partial charge < -0.3 is 24.8 Å². The highest BCUT2D eigenvalue weighted by Crippen LogP contribution is 2.72. The van der Waals surface area contributed by atoms with Gasteiger partial charge in [-0.15, -0.1) is 6.58 Å². The lowest BCUT2D eigenvalue weighted by Gasteiger charge is -2.68. The zero-order chi connectivity index (χ0) is 44.4. The molecular weight excluding hydrogens is 756 g/mol. The van der Waals surface area contributed by atoms with Gasteiger partial charge in [0, 0.05) is 18.6 Å². The van der Waals surface area contributed by atoms with Crippen molar-refractivity contribution in [1.82, 2.24) is 10.2 Å². The van der Waals surface area contributed by atoms with Gasteiger partial charge in [0.15, 0.2) is 5.41 Å². The van der Waals surface area contributed by atoms with E-state index in [-0.39, 0.29) is 43.2 Å². The van der Waals surface area contributed by atoms with Crippen LogP contribution in [0.15, 0.2) is 36.0 Å². The SMILES string of the molecule is C=CC.CC.CCOC(=O)C1(C(=O)OCC)CCN(CCNC23CCCC2C2CCC4C(C)(CCC5C(C)(C)C(C6=CCC(CF)CC6)=CCC54C)C2CC3)CC1.O=CO. The maximum atomic E-state index is 13.4. The largest absolute Gasteiger partial charge is 0.483 e. The Kier molecular flexibility index (Phi) is 18.1. The fourth-order valence-corrected chi connectivity index (χ4v) is 14.6. The summed E-state index contributed by atoms with van der Waals surface area (Å²) in [5, 5.41) is 11.1. The number of hydrogen-bond donors (Lipinski definition) is 2. The van der Waals surface area contributed by atoms with Gasteiger partial charge in [-0.2, -0.15) is 0 Å². The lowest BCUT2D eigenvalue weighted by molar-refractivity contribution is -0.176. The van der Waals surface area contributed by atoms with Crippen molar-refractivity contribution >= 4 is 18.4 Å². The van der Waals surface area contributed by atoms with Crippen LogP contribution in [0.5, 0.6) is 0 Å². The Balaban J connectivity index is 0.000000925. The smallest absolute Gasteiger partial charge is 0.323 e. The predicted molar refractivity (Wildman–Crippen MR) is 241 cm³/mol. The second-order valence-electron chi connectivity index (χ2n) is 20.1. The molecule has 1 heterocycles. The Morgan fingerprint density at radius 3 is 2.08 bits per heavy atom. The number of piperidine rings is 1. The maximum Gasteiger partial charge on any atom is 0.323 e. The van der Waals surface area contributed by atoms with Gasteiger partial charge in [-0.3, -0.25) is 18.8 Å². The van der Waals surface area contributed by atoms with Gasteiger partial charge in [-0.05, 0) is 187 Å². The van der Waals surface area contributed by atoms with Crippen molar-refractivity contribution in [3.05, 3.63) is 36.0 Å². The van der Waals surface area contributed by atoms with Crippen LogP contribution in [0.25, 0.3) is 0 Å². The predicted octanol–water partition coefficient (Wildman–Crippen LogP) is 11.2. The molecule has 0 aromatic carbocycles. The van der Waals surface area contributed by atoms with Crippen molar-refractivity contribution in [3.63, 3.8) is 0 Å². The second kappa shape index (κ2) is 21.7. The number of halogens is 1. The summed E-state index contributed by atoms with van der Waals surface area (Å²) in [5.41, 5.74) is 3.18. The number of hydrogen-bond acceptors (Lipinski definition) is 7. The molecule has 8 nitrogen and oxygen atoms in total. The minimum absolute atomic E-state index is 0.171. The molecule has 1 saturated heterocycles. The Hall–Kier alpha value is -2.52. The lowest BCUT2D eigenvalue weighted by atomic mass is 9.37. The van der Waals surface area contributed by atoms with Crippen molar-refractivity contribution in [2.75, 3.05) is 46.1 Å². The highest BCUT2D eigenvalue weighted by Gasteiger charge is 2.65. The van der Waals surface area contributed by atoms with E-state index >= 15 is 0 Å². The van der Waals surface area contributed by atoms with E-state index in [0.29, 0.717) is 42.7 Å². The standard InChI is InChI=1S/C45H71FN2O4.C3H6.C2H6.CH2O2/c1-7-51-39(49)44(40(50)52-8-2)24-27-48(28-25-44)29-26-47-45-20-9-10-36(45)33-15-16-38-42(5,35(33)18-23-45)22-19-37-41(3,4)34(17-21-43(37,38)6)32-13-11-31(30-46)12-14-32;1-3-2;1-2;2-1-3/h13,17,31,33,35-38,47H,7-12,14-16,18-30H2,1-6H3;3H,1H2,2H3;1-2H3;1H,(H,2,3). The van der Waals surface area contributed by atoms with Crippen molar-refractivity contribution < 1.29 is 33.4 Å². The fraction of sp³-hybridized carbons (Fsp3) is 0.824. The third kappa shape index (κ3) is 9.67. The number of esters is 2. The fourth-order valence-electron chi connectivity index (χ4n) is 14.6. The molecule has 0 bridgehead atoms. The normalized spacial score (nSPS) is 36.0. The Labute approximate surface area is 364 Å². The van der Waals surface area contributed by atoms with Gasteiger partial charge in [0.25, 0.3) is 6.47 Å². The van der Waals surface area contributed by atoms with Gasteiger partial charge in [0.2, 0.25) is 0 Å². The summed E-state index contributed by atoms with van der Waals surface area (Å²) in [7, 11) is 0. The molecule has 0 aromatic rings. The molecule has 0 aromatic heterocycles. The van der Waals surface area contributed by atoms with E-state index in [1.807, 2.05) is 20.8 Å². The number of alkyl halides is 1. The quantitative estimate of drug-likeness (QED) is 0.0970. The average Bonchev–Trinajstić information content (AvgIpc) is 3.67. The van der Waals surface area contributed by atoms with Crippen LogP contribution in [0, 0.1) is 57.2 Å². The number of allylic oxidation sites excluding steroid dienone is 5. The maximum absolute atomic E-state index is 13.4. The van der Waals surface area contributed by atoms with Crippen LogP contribution in [-0.2, 0) is 23.9 Å². The van der Waals surface area contributed by atoms with Crippen molar-refractivity contribution in [2.24, 2.45) is 57.2 Å². The molecule has 0 amide bonds. The van der Waals surface area contributed by atoms with Crippen LogP contribution in [0.3, 0.4) is 0 Å². The molecule has 9 unspecified atom stereocenters. The zero-order valence-corrected chi connectivity index (χ0v) is 39.4. The van der Waals surface area contributed by atoms with Gasteiger partial charge in [0.05, 0.1) is 19.9 Å². The van der Waals surface area contributed by atoms with Crippen molar-refractivity contribution in [3.8, 4) is 0 Å². The number of nitrogens with one attached hydrogen (secondary N) is 1. The molecule has 7 rings (SSSR count). The Morgan fingerprint density at radius 2 is 1.52 bits per heavy atom. The second-order valence-corrected chi connectivity index (χ2v) is 20.1. The molecule has 5 fully saturated rings. The number of rotatable bonds is 10. The number of carboxylic acid groups (broad SMARTS) is 1. The highest BCUT2D eigenvalue weighted by molar-refractivity contribution is 6.00. The van der Waals surface area contributed by atoms with E-state index in [1.165, 1.54) is 69.8 Å². The summed E-state index contributed by atoms with van der Waals surface area (Å²) >= 11 is 0. The summed E-state index contributed by atoms with van der Waals surface area (Å²) in [6.45, 7) is 26.8. The first kappa shape index (κ1) is 50.1. The first-order chi connectivity index (χ1) is 28.7.